The Morgan fingerprint density at radius 1 is 0.957 bits per heavy atom. The lowest BCUT2D eigenvalue weighted by Crippen LogP contribution is -2.53. The summed E-state index contributed by atoms with van der Waals surface area (Å²) in [5.41, 5.74) is 3.62. The number of carboxylic acid groups (broad SMARTS) is 1. The molecule has 1 heterocycles. The van der Waals surface area contributed by atoms with E-state index in [-0.39, 0.29) is 18.2 Å². The fraction of sp³-hybridized carbons (Fsp3) is 0.556. The molecule has 3 amide bonds. The predicted octanol–water partition coefficient (Wildman–Crippen LogP) is 6.01. The molecule has 0 bridgehead atoms. The number of hydrogen-bond donors (Lipinski definition) is 4. The number of carbonyl (C=O) groups is 4. The average molecular weight is 652 g/mol. The van der Waals surface area contributed by atoms with Gasteiger partial charge in [0, 0.05) is 22.9 Å². The van der Waals surface area contributed by atoms with Crippen LogP contribution in [0.2, 0.25) is 5.02 Å². The Labute approximate surface area is 276 Å². The Kier molecular flexibility index (Phi) is 10.9. The summed E-state index contributed by atoms with van der Waals surface area (Å²) in [4.78, 5) is 51.8. The van der Waals surface area contributed by atoms with Crippen molar-refractivity contribution in [1.82, 2.24) is 16.0 Å². The van der Waals surface area contributed by atoms with Gasteiger partial charge in [-0.3, -0.25) is 9.59 Å². The molecule has 9 nitrogen and oxygen atoms in total. The van der Waals surface area contributed by atoms with Crippen LogP contribution in [0.5, 0.6) is 0 Å². The molecule has 0 radical (unpaired) electrons. The second-order valence-corrected chi connectivity index (χ2v) is 14.2. The first kappa shape index (κ1) is 33.8. The molecule has 0 aromatic heterocycles. The highest BCUT2D eigenvalue weighted by molar-refractivity contribution is 6.30. The minimum Gasteiger partial charge on any atom is -0.480 e. The highest BCUT2D eigenvalue weighted by Gasteiger charge is 2.39. The van der Waals surface area contributed by atoms with Crippen LogP contribution in [0, 0.1) is 11.8 Å². The van der Waals surface area contributed by atoms with Crippen molar-refractivity contribution in [1.29, 1.82) is 0 Å². The number of aryl methyl sites for hydroxylation is 2. The van der Waals surface area contributed by atoms with Gasteiger partial charge in [0.15, 0.2) is 0 Å². The number of aliphatic carboxylic acids is 1. The molecule has 2 aromatic rings. The van der Waals surface area contributed by atoms with E-state index in [1.165, 1.54) is 11.1 Å². The lowest BCUT2D eigenvalue weighted by molar-refractivity contribution is -0.143. The molecular formula is C36H46ClN3O6. The Morgan fingerprint density at radius 2 is 1.72 bits per heavy atom. The molecular weight excluding hydrogens is 606 g/mol. The normalized spacial score (nSPS) is 20.2. The fourth-order valence-electron chi connectivity index (χ4n) is 7.35. The lowest BCUT2D eigenvalue weighted by atomic mass is 9.76. The number of amides is 3. The highest BCUT2D eigenvalue weighted by atomic mass is 35.5. The number of ether oxygens (including phenoxy) is 1. The Bertz CT molecular complexity index is 1440. The summed E-state index contributed by atoms with van der Waals surface area (Å²) in [5, 5.41) is 18.7. The summed E-state index contributed by atoms with van der Waals surface area (Å²) in [5.74, 6) is -2.29. The van der Waals surface area contributed by atoms with Gasteiger partial charge in [0.2, 0.25) is 11.8 Å². The number of hydrogen-bond acceptors (Lipinski definition) is 5. The van der Waals surface area contributed by atoms with Crippen LogP contribution in [-0.2, 0) is 37.4 Å². The van der Waals surface area contributed by atoms with Crippen molar-refractivity contribution in [2.75, 3.05) is 6.54 Å². The summed E-state index contributed by atoms with van der Waals surface area (Å²) in [6, 6.07) is 11.5. The first-order chi connectivity index (χ1) is 22.0. The van der Waals surface area contributed by atoms with Gasteiger partial charge in [-0.1, -0.05) is 87.9 Å². The maximum Gasteiger partial charge on any atom is 0.408 e. The van der Waals surface area contributed by atoms with E-state index in [1.54, 1.807) is 6.07 Å². The van der Waals surface area contributed by atoms with Gasteiger partial charge in [0.05, 0.1) is 0 Å². The molecule has 2 unspecified atom stereocenters. The number of rotatable bonds is 12. The molecule has 1 aliphatic heterocycles. The van der Waals surface area contributed by atoms with E-state index in [0.29, 0.717) is 24.4 Å². The van der Waals surface area contributed by atoms with Crippen molar-refractivity contribution in [3.05, 3.63) is 69.7 Å². The number of carboxylic acids is 1. The van der Waals surface area contributed by atoms with E-state index in [1.807, 2.05) is 38.1 Å². The van der Waals surface area contributed by atoms with Crippen molar-refractivity contribution in [3.8, 4) is 0 Å². The molecule has 2 fully saturated rings. The zero-order chi connectivity index (χ0) is 32.8. The van der Waals surface area contributed by atoms with Crippen LogP contribution >= 0.6 is 11.6 Å². The van der Waals surface area contributed by atoms with Crippen LogP contribution < -0.4 is 16.0 Å². The van der Waals surface area contributed by atoms with Gasteiger partial charge in [-0.15, -0.1) is 0 Å². The lowest BCUT2D eigenvalue weighted by Gasteiger charge is -2.35. The van der Waals surface area contributed by atoms with Crippen molar-refractivity contribution < 1.29 is 29.0 Å². The molecule has 248 valence electrons. The van der Waals surface area contributed by atoms with Crippen LogP contribution in [0.15, 0.2) is 42.5 Å². The zero-order valence-corrected chi connectivity index (χ0v) is 27.5. The number of halogens is 1. The maximum absolute atomic E-state index is 13.8. The topological polar surface area (TPSA) is 134 Å². The number of carbonyl (C=O) groups excluding carboxylic acids is 3. The molecule has 0 spiro atoms. The minimum atomic E-state index is -1.26. The molecule has 4 N–H and O–H groups in total. The first-order valence-electron chi connectivity index (χ1n) is 16.7. The molecule has 10 heteroatoms. The third-order valence-electron chi connectivity index (χ3n) is 10.1. The average Bonchev–Trinajstić information content (AvgIpc) is 3.67. The van der Waals surface area contributed by atoms with Gasteiger partial charge in [-0.25, -0.2) is 9.59 Å². The second-order valence-electron chi connectivity index (χ2n) is 13.7. The van der Waals surface area contributed by atoms with E-state index in [2.05, 4.69) is 28.1 Å². The third-order valence-corrected chi connectivity index (χ3v) is 10.3. The number of nitrogens with one attached hydrogen (secondary N) is 3. The van der Waals surface area contributed by atoms with Gasteiger partial charge in [0.25, 0.3) is 0 Å². The monoisotopic (exact) mass is 651 g/mol. The van der Waals surface area contributed by atoms with E-state index < -0.39 is 47.5 Å². The Hall–Kier alpha value is -3.59. The Morgan fingerprint density at radius 3 is 2.41 bits per heavy atom. The molecule has 2 aliphatic carbocycles. The smallest absolute Gasteiger partial charge is 0.408 e. The van der Waals surface area contributed by atoms with Crippen LogP contribution in [-0.4, -0.2) is 47.6 Å². The van der Waals surface area contributed by atoms with Gasteiger partial charge in [-0.2, -0.15) is 0 Å². The van der Waals surface area contributed by atoms with Gasteiger partial charge in [0.1, 0.15) is 18.2 Å². The molecule has 3 aliphatic rings. The van der Waals surface area contributed by atoms with Gasteiger partial charge >= 0.3 is 12.1 Å². The minimum absolute atomic E-state index is 0.0122. The van der Waals surface area contributed by atoms with E-state index in [0.717, 1.165) is 62.5 Å². The quantitative estimate of drug-likeness (QED) is 0.222. The van der Waals surface area contributed by atoms with E-state index >= 15 is 0 Å². The maximum atomic E-state index is 13.8. The largest absolute Gasteiger partial charge is 0.480 e. The van der Waals surface area contributed by atoms with E-state index in [9.17, 15) is 24.3 Å². The zero-order valence-electron chi connectivity index (χ0n) is 26.8. The van der Waals surface area contributed by atoms with Crippen molar-refractivity contribution >= 4 is 35.5 Å². The van der Waals surface area contributed by atoms with Gasteiger partial charge < -0.3 is 25.8 Å². The number of benzene rings is 2. The van der Waals surface area contributed by atoms with Crippen molar-refractivity contribution in [2.45, 2.75) is 108 Å². The van der Waals surface area contributed by atoms with E-state index in [4.69, 9.17) is 16.3 Å². The first-order valence-corrected chi connectivity index (χ1v) is 17.0. The molecule has 46 heavy (non-hydrogen) atoms. The highest BCUT2D eigenvalue weighted by Crippen LogP contribution is 2.42. The van der Waals surface area contributed by atoms with Crippen molar-refractivity contribution in [2.24, 2.45) is 11.8 Å². The summed E-state index contributed by atoms with van der Waals surface area (Å²) in [7, 11) is 0. The fourth-order valence-corrected chi connectivity index (χ4v) is 7.54. The second kappa shape index (κ2) is 14.9. The van der Waals surface area contributed by atoms with Crippen LogP contribution in [0.25, 0.3) is 0 Å². The van der Waals surface area contributed by atoms with Crippen LogP contribution in [0.1, 0.15) is 100.0 Å². The number of fused-ring (bicyclic) bond motifs is 1. The third kappa shape index (κ3) is 8.21. The number of alkyl carbamates (subject to hydrolysis) is 1. The summed E-state index contributed by atoms with van der Waals surface area (Å²) >= 11 is 6.38. The summed E-state index contributed by atoms with van der Waals surface area (Å²) in [6.07, 6.45) is 7.60. The molecule has 4 atom stereocenters. The molecule has 5 rings (SSSR count). The summed E-state index contributed by atoms with van der Waals surface area (Å²) in [6.45, 7) is 4.50. The van der Waals surface area contributed by atoms with Crippen LogP contribution in [0.3, 0.4) is 0 Å². The van der Waals surface area contributed by atoms with Gasteiger partial charge in [-0.05, 0) is 78.8 Å². The molecule has 1 saturated carbocycles. The molecule has 2 aromatic carbocycles. The SMILES string of the molecule is CC(C)(c1cccc(Cl)c1)C(OC(=O)N[C@@H](CC1CCCCC1)C(=O)N[C@@H](CC1CCNC1=O)C(=O)O)c1ccc2c(c1)CCC2. The standard InChI is InChI=1S/C36H46ClN3O6/c1-36(2,27-12-7-13-28(37)21-27)31(25-15-14-23-10-6-11-24(23)19-25)46-35(45)40-29(18-22-8-4-3-5-9-22)33(42)39-30(34(43)44)20-26-16-17-38-32(26)41/h7,12-15,19,21-22,26,29-31H,3-6,8-11,16-18,20H2,1-2H3,(H,38,41)(H,39,42)(H,40,45)(H,43,44)/t26?,29-,30-,31?/m0/s1. The van der Waals surface area contributed by atoms with Crippen LogP contribution in [0.4, 0.5) is 4.79 Å². The molecule has 1 saturated heterocycles. The van der Waals surface area contributed by atoms with Crippen molar-refractivity contribution in [3.63, 3.8) is 0 Å². The summed E-state index contributed by atoms with van der Waals surface area (Å²) < 4.78 is 6.26. The predicted molar refractivity (Wildman–Crippen MR) is 176 cm³/mol. The Balaban J connectivity index is 1.38.